The number of carbonyl (C=O) groups is 3. The summed E-state index contributed by atoms with van der Waals surface area (Å²) in [5.74, 6) is -8.36. The number of rotatable bonds is 7. The SMILES string of the molecule is CCCN(CC(=O)Nc1ccc(F)c(F)c1F)C(=O)C1CC1C(=O)O. The number of carboxylic acids is 1. The van der Waals surface area contributed by atoms with Gasteiger partial charge in [0, 0.05) is 6.54 Å². The highest BCUT2D eigenvalue weighted by atomic mass is 19.2. The number of nitrogens with one attached hydrogen (secondary N) is 1. The summed E-state index contributed by atoms with van der Waals surface area (Å²) < 4.78 is 39.6. The van der Waals surface area contributed by atoms with Crippen molar-refractivity contribution in [2.45, 2.75) is 19.8 Å². The number of hydrogen-bond donors (Lipinski definition) is 2. The predicted molar refractivity (Wildman–Crippen MR) is 81.0 cm³/mol. The number of halogens is 3. The van der Waals surface area contributed by atoms with E-state index < -0.39 is 59.3 Å². The Balaban J connectivity index is 2.02. The van der Waals surface area contributed by atoms with Crippen molar-refractivity contribution < 1.29 is 32.7 Å². The van der Waals surface area contributed by atoms with Crippen LogP contribution < -0.4 is 5.32 Å². The molecule has 2 amide bonds. The summed E-state index contributed by atoms with van der Waals surface area (Å²) in [7, 11) is 0. The Kier molecular flexibility index (Phi) is 5.66. The number of carbonyl (C=O) groups excluding carboxylic acids is 2. The third-order valence-corrected chi connectivity index (χ3v) is 3.87. The van der Waals surface area contributed by atoms with Gasteiger partial charge >= 0.3 is 5.97 Å². The highest BCUT2D eigenvalue weighted by Gasteiger charge is 2.49. The molecule has 1 fully saturated rings. The second kappa shape index (κ2) is 7.54. The summed E-state index contributed by atoms with van der Waals surface area (Å²) in [6.07, 6.45) is 0.747. The lowest BCUT2D eigenvalue weighted by atomic mass is 10.2. The Labute approximate surface area is 141 Å². The Bertz CT molecular complexity index is 711. The van der Waals surface area contributed by atoms with E-state index in [1.807, 2.05) is 0 Å². The van der Waals surface area contributed by atoms with Crippen LogP contribution in [-0.4, -0.2) is 40.9 Å². The zero-order chi connectivity index (χ0) is 18.7. The molecular formula is C16H17F3N2O4. The number of amides is 2. The smallest absolute Gasteiger partial charge is 0.307 e. The lowest BCUT2D eigenvalue weighted by Crippen LogP contribution is -2.40. The molecule has 1 saturated carbocycles. The minimum Gasteiger partial charge on any atom is -0.481 e. The van der Waals surface area contributed by atoms with Crippen molar-refractivity contribution in [3.63, 3.8) is 0 Å². The predicted octanol–water partition coefficient (Wildman–Crippen LogP) is 2.00. The number of nitrogens with zero attached hydrogens (tertiary/aromatic N) is 1. The zero-order valence-corrected chi connectivity index (χ0v) is 13.4. The van der Waals surface area contributed by atoms with Gasteiger partial charge in [0.05, 0.1) is 24.1 Å². The Morgan fingerprint density at radius 1 is 1.20 bits per heavy atom. The van der Waals surface area contributed by atoms with Crippen LogP contribution in [0.5, 0.6) is 0 Å². The molecule has 0 heterocycles. The number of aliphatic carboxylic acids is 1. The van der Waals surface area contributed by atoms with E-state index in [0.29, 0.717) is 12.5 Å². The van der Waals surface area contributed by atoms with Crippen LogP contribution in [0.3, 0.4) is 0 Å². The van der Waals surface area contributed by atoms with Gasteiger partial charge in [-0.25, -0.2) is 13.2 Å². The number of carboxylic acid groups (broad SMARTS) is 1. The molecule has 0 bridgehead atoms. The molecule has 2 N–H and O–H groups in total. The summed E-state index contributed by atoms with van der Waals surface area (Å²) >= 11 is 0. The first kappa shape index (κ1) is 18.8. The molecule has 0 radical (unpaired) electrons. The molecule has 6 nitrogen and oxygen atoms in total. The van der Waals surface area contributed by atoms with Gasteiger partial charge in [0.25, 0.3) is 0 Å². The van der Waals surface area contributed by atoms with Gasteiger partial charge in [0.15, 0.2) is 17.5 Å². The summed E-state index contributed by atoms with van der Waals surface area (Å²) in [6.45, 7) is 1.55. The normalized spacial score (nSPS) is 18.6. The second-order valence-corrected chi connectivity index (χ2v) is 5.82. The van der Waals surface area contributed by atoms with E-state index in [-0.39, 0.29) is 13.0 Å². The van der Waals surface area contributed by atoms with Crippen molar-refractivity contribution in [3.8, 4) is 0 Å². The highest BCUT2D eigenvalue weighted by Crippen LogP contribution is 2.40. The molecular weight excluding hydrogens is 341 g/mol. The first-order valence-corrected chi connectivity index (χ1v) is 7.71. The van der Waals surface area contributed by atoms with Gasteiger partial charge in [-0.2, -0.15) is 0 Å². The van der Waals surface area contributed by atoms with Gasteiger partial charge in [-0.1, -0.05) is 6.92 Å². The van der Waals surface area contributed by atoms with Gasteiger partial charge in [-0.05, 0) is 25.0 Å². The third-order valence-electron chi connectivity index (χ3n) is 3.87. The molecule has 1 aromatic rings. The van der Waals surface area contributed by atoms with E-state index in [1.54, 1.807) is 6.92 Å². The lowest BCUT2D eigenvalue weighted by Gasteiger charge is -2.21. The molecule has 0 aromatic heterocycles. The first-order chi connectivity index (χ1) is 11.8. The number of anilines is 1. The van der Waals surface area contributed by atoms with Gasteiger partial charge in [0.2, 0.25) is 11.8 Å². The van der Waals surface area contributed by atoms with Crippen LogP contribution >= 0.6 is 0 Å². The van der Waals surface area contributed by atoms with E-state index in [2.05, 4.69) is 5.32 Å². The standard InChI is InChI=1S/C16H17F3N2O4/c1-2-5-21(15(23)8-6-9(8)16(24)25)7-12(22)20-11-4-3-10(17)13(18)14(11)19/h3-4,8-9H,2,5-7H2,1H3,(H,20,22)(H,24,25). The topological polar surface area (TPSA) is 86.7 Å². The molecule has 1 aliphatic rings. The van der Waals surface area contributed by atoms with Crippen LogP contribution in [0.1, 0.15) is 19.8 Å². The largest absolute Gasteiger partial charge is 0.481 e. The van der Waals surface area contributed by atoms with Gasteiger partial charge < -0.3 is 15.3 Å². The Hall–Kier alpha value is -2.58. The van der Waals surface area contributed by atoms with E-state index >= 15 is 0 Å². The molecule has 2 rings (SSSR count). The average Bonchev–Trinajstić information content (AvgIpc) is 3.35. The van der Waals surface area contributed by atoms with Crippen LogP contribution in [0.25, 0.3) is 0 Å². The van der Waals surface area contributed by atoms with E-state index in [0.717, 1.165) is 6.07 Å². The van der Waals surface area contributed by atoms with Crippen molar-refractivity contribution in [1.29, 1.82) is 0 Å². The first-order valence-electron chi connectivity index (χ1n) is 7.71. The molecule has 0 aliphatic heterocycles. The summed E-state index contributed by atoms with van der Waals surface area (Å²) in [4.78, 5) is 36.3. The lowest BCUT2D eigenvalue weighted by molar-refractivity contribution is -0.142. The van der Waals surface area contributed by atoms with Gasteiger partial charge in [-0.3, -0.25) is 14.4 Å². The number of benzene rings is 1. The molecule has 2 atom stereocenters. The fraction of sp³-hybridized carbons (Fsp3) is 0.438. The molecule has 1 aliphatic carbocycles. The van der Waals surface area contributed by atoms with Gasteiger partial charge in [-0.15, -0.1) is 0 Å². The molecule has 2 unspecified atom stereocenters. The zero-order valence-electron chi connectivity index (χ0n) is 13.4. The van der Waals surface area contributed by atoms with Crippen LogP contribution in [0.2, 0.25) is 0 Å². The Morgan fingerprint density at radius 2 is 1.88 bits per heavy atom. The fourth-order valence-electron chi connectivity index (χ4n) is 2.50. The van der Waals surface area contributed by atoms with Crippen LogP contribution in [0, 0.1) is 29.3 Å². The van der Waals surface area contributed by atoms with Crippen LogP contribution in [0.4, 0.5) is 18.9 Å². The molecule has 0 spiro atoms. The molecule has 136 valence electrons. The molecule has 9 heteroatoms. The maximum Gasteiger partial charge on any atom is 0.307 e. The molecule has 25 heavy (non-hydrogen) atoms. The van der Waals surface area contributed by atoms with Gasteiger partial charge in [0.1, 0.15) is 0 Å². The van der Waals surface area contributed by atoms with Crippen LogP contribution in [-0.2, 0) is 14.4 Å². The fourth-order valence-corrected chi connectivity index (χ4v) is 2.50. The average molecular weight is 358 g/mol. The minimum absolute atomic E-state index is 0.216. The quantitative estimate of drug-likeness (QED) is 0.730. The summed E-state index contributed by atoms with van der Waals surface area (Å²) in [5.41, 5.74) is -0.539. The molecule has 0 saturated heterocycles. The van der Waals surface area contributed by atoms with E-state index in [4.69, 9.17) is 5.11 Å². The number of hydrogen-bond acceptors (Lipinski definition) is 3. The van der Waals surface area contributed by atoms with Crippen molar-refractivity contribution >= 4 is 23.5 Å². The summed E-state index contributed by atoms with van der Waals surface area (Å²) in [6, 6.07) is 1.55. The second-order valence-electron chi connectivity index (χ2n) is 5.82. The monoisotopic (exact) mass is 358 g/mol. The Morgan fingerprint density at radius 3 is 2.44 bits per heavy atom. The van der Waals surface area contributed by atoms with Crippen molar-refractivity contribution in [2.24, 2.45) is 11.8 Å². The minimum atomic E-state index is -1.71. The van der Waals surface area contributed by atoms with Crippen molar-refractivity contribution in [1.82, 2.24) is 4.90 Å². The maximum atomic E-state index is 13.6. The van der Waals surface area contributed by atoms with Crippen molar-refractivity contribution in [3.05, 3.63) is 29.6 Å². The maximum absolute atomic E-state index is 13.6. The molecule has 1 aromatic carbocycles. The van der Waals surface area contributed by atoms with E-state index in [9.17, 15) is 27.6 Å². The van der Waals surface area contributed by atoms with Crippen LogP contribution in [0.15, 0.2) is 12.1 Å². The van der Waals surface area contributed by atoms with Crippen molar-refractivity contribution in [2.75, 3.05) is 18.4 Å². The highest BCUT2D eigenvalue weighted by molar-refractivity contribution is 5.96. The van der Waals surface area contributed by atoms with E-state index in [1.165, 1.54) is 4.90 Å². The summed E-state index contributed by atoms with van der Waals surface area (Å²) in [5, 5.41) is 11.0. The third kappa shape index (κ3) is 4.28.